The molecule has 2 aromatic heterocycles. The van der Waals surface area contributed by atoms with Gasteiger partial charge >= 0.3 is 0 Å². The van der Waals surface area contributed by atoms with Gasteiger partial charge in [-0.1, -0.05) is 0 Å². The van der Waals surface area contributed by atoms with E-state index >= 15 is 0 Å². The van der Waals surface area contributed by atoms with E-state index in [1.807, 2.05) is 22.7 Å². The molecule has 2 unspecified atom stereocenters. The second kappa shape index (κ2) is 3.45. The summed E-state index contributed by atoms with van der Waals surface area (Å²) in [5.41, 5.74) is 7.33. The molecule has 5 nitrogen and oxygen atoms in total. The Labute approximate surface area is 93.2 Å². The molecule has 0 spiro atoms. The van der Waals surface area contributed by atoms with E-state index in [1.54, 1.807) is 0 Å². The summed E-state index contributed by atoms with van der Waals surface area (Å²) in [6.07, 6.45) is 3.17. The minimum absolute atomic E-state index is 0.304. The number of hydrogen-bond donors (Lipinski definition) is 1. The maximum absolute atomic E-state index is 5.77. The van der Waals surface area contributed by atoms with E-state index in [2.05, 4.69) is 17.1 Å². The fourth-order valence-electron chi connectivity index (χ4n) is 2.20. The maximum atomic E-state index is 5.77. The zero-order valence-electron chi connectivity index (χ0n) is 9.13. The molecule has 0 aromatic carbocycles. The third-order valence-corrected chi connectivity index (χ3v) is 3.02. The molecule has 1 aliphatic rings. The zero-order chi connectivity index (χ0) is 11.1. The molecule has 2 N–H and O–H groups in total. The normalized spacial score (nSPS) is 25.3. The molecule has 2 atom stereocenters. The van der Waals surface area contributed by atoms with Crippen LogP contribution in [-0.4, -0.2) is 27.3 Å². The summed E-state index contributed by atoms with van der Waals surface area (Å²) in [5.74, 6) is 1.28. The van der Waals surface area contributed by atoms with Crippen molar-refractivity contribution in [1.29, 1.82) is 0 Å². The van der Waals surface area contributed by atoms with Crippen LogP contribution in [0.25, 0.3) is 5.65 Å². The Kier molecular flexibility index (Phi) is 2.07. The fraction of sp³-hybridized carbons (Fsp3) is 0.455. The van der Waals surface area contributed by atoms with Gasteiger partial charge in [-0.15, -0.1) is 10.2 Å². The highest BCUT2D eigenvalue weighted by Crippen LogP contribution is 2.28. The Hall–Kier alpha value is -1.62. The van der Waals surface area contributed by atoms with Crippen molar-refractivity contribution in [2.75, 3.05) is 12.3 Å². The van der Waals surface area contributed by atoms with Crippen molar-refractivity contribution < 1.29 is 4.74 Å². The highest BCUT2D eigenvalue weighted by Gasteiger charge is 2.27. The van der Waals surface area contributed by atoms with Gasteiger partial charge in [-0.2, -0.15) is 0 Å². The summed E-state index contributed by atoms with van der Waals surface area (Å²) >= 11 is 0. The molecular weight excluding hydrogens is 204 g/mol. The van der Waals surface area contributed by atoms with Crippen molar-refractivity contribution in [2.24, 2.45) is 0 Å². The van der Waals surface area contributed by atoms with E-state index in [-0.39, 0.29) is 0 Å². The highest BCUT2D eigenvalue weighted by atomic mass is 16.5. The number of fused-ring (bicyclic) bond motifs is 1. The number of anilines is 1. The van der Waals surface area contributed by atoms with Crippen LogP contribution in [0, 0.1) is 0 Å². The van der Waals surface area contributed by atoms with Gasteiger partial charge in [0.1, 0.15) is 5.82 Å². The van der Waals surface area contributed by atoms with Gasteiger partial charge in [0.05, 0.1) is 12.7 Å². The number of ether oxygens (including phenoxy) is 1. The van der Waals surface area contributed by atoms with E-state index in [9.17, 15) is 0 Å². The molecule has 84 valence electrons. The molecule has 0 bridgehead atoms. The monoisotopic (exact) mass is 218 g/mol. The molecule has 0 saturated carbocycles. The lowest BCUT2D eigenvalue weighted by molar-refractivity contribution is 0.123. The van der Waals surface area contributed by atoms with Crippen LogP contribution in [-0.2, 0) is 4.74 Å². The lowest BCUT2D eigenvalue weighted by Gasteiger charge is -2.05. The average Bonchev–Trinajstić information content (AvgIpc) is 2.83. The average molecular weight is 218 g/mol. The van der Waals surface area contributed by atoms with Crippen LogP contribution in [0.5, 0.6) is 0 Å². The number of nitrogens with two attached hydrogens (primary N) is 1. The van der Waals surface area contributed by atoms with E-state index < -0.39 is 0 Å². The summed E-state index contributed by atoms with van der Waals surface area (Å²) in [7, 11) is 0. The van der Waals surface area contributed by atoms with Gasteiger partial charge < -0.3 is 10.5 Å². The van der Waals surface area contributed by atoms with Crippen molar-refractivity contribution in [3.05, 3.63) is 24.2 Å². The van der Waals surface area contributed by atoms with E-state index in [0.717, 1.165) is 30.2 Å². The minimum atomic E-state index is 0.304. The number of hydrogen-bond acceptors (Lipinski definition) is 4. The summed E-state index contributed by atoms with van der Waals surface area (Å²) in [6, 6.07) is 3.71. The van der Waals surface area contributed by atoms with Gasteiger partial charge in [0, 0.05) is 17.8 Å². The fourth-order valence-corrected chi connectivity index (χ4v) is 2.20. The molecule has 2 aromatic rings. The zero-order valence-corrected chi connectivity index (χ0v) is 9.13. The Morgan fingerprint density at radius 1 is 1.44 bits per heavy atom. The van der Waals surface area contributed by atoms with Gasteiger partial charge in [-0.05, 0) is 25.5 Å². The number of pyridine rings is 1. The Morgan fingerprint density at radius 3 is 3.06 bits per heavy atom. The Bertz CT molecular complexity index is 522. The van der Waals surface area contributed by atoms with Gasteiger partial charge in [-0.25, -0.2) is 0 Å². The molecule has 1 saturated heterocycles. The molecule has 3 rings (SSSR count). The van der Waals surface area contributed by atoms with Crippen molar-refractivity contribution in [1.82, 2.24) is 14.6 Å². The lowest BCUT2D eigenvalue weighted by Crippen LogP contribution is -2.04. The summed E-state index contributed by atoms with van der Waals surface area (Å²) in [5, 5.41) is 8.36. The predicted molar refractivity (Wildman–Crippen MR) is 60.2 cm³/mol. The minimum Gasteiger partial charge on any atom is -0.398 e. The van der Waals surface area contributed by atoms with Gasteiger partial charge in [-0.3, -0.25) is 4.40 Å². The molecule has 0 aliphatic carbocycles. The topological polar surface area (TPSA) is 65.4 Å². The summed E-state index contributed by atoms with van der Waals surface area (Å²) in [6.45, 7) is 2.80. The van der Waals surface area contributed by atoms with Crippen molar-refractivity contribution >= 4 is 11.3 Å². The molecule has 0 radical (unpaired) electrons. The second-order valence-corrected chi connectivity index (χ2v) is 4.33. The molecule has 1 aliphatic heterocycles. The van der Waals surface area contributed by atoms with Gasteiger partial charge in [0.2, 0.25) is 0 Å². The van der Waals surface area contributed by atoms with Gasteiger partial charge in [0.15, 0.2) is 5.65 Å². The second-order valence-electron chi connectivity index (χ2n) is 4.33. The summed E-state index contributed by atoms with van der Waals surface area (Å²) in [4.78, 5) is 0. The molecule has 5 heteroatoms. The largest absolute Gasteiger partial charge is 0.398 e. The third kappa shape index (κ3) is 1.44. The van der Waals surface area contributed by atoms with Crippen LogP contribution in [0.3, 0.4) is 0 Å². The number of rotatable bonds is 1. The molecule has 16 heavy (non-hydrogen) atoms. The van der Waals surface area contributed by atoms with E-state index in [0.29, 0.717) is 12.0 Å². The van der Waals surface area contributed by atoms with E-state index in [1.165, 1.54) is 0 Å². The SMILES string of the molecule is CC1CC(c2nnc3ccc(N)cn23)CO1. The number of nitrogens with zero attached hydrogens (tertiary/aromatic N) is 3. The first-order valence-corrected chi connectivity index (χ1v) is 5.46. The number of aromatic nitrogens is 3. The maximum Gasteiger partial charge on any atom is 0.160 e. The first-order chi connectivity index (χ1) is 7.74. The molecule has 1 fully saturated rings. The van der Waals surface area contributed by atoms with Crippen molar-refractivity contribution in [3.63, 3.8) is 0 Å². The van der Waals surface area contributed by atoms with Crippen LogP contribution in [0.15, 0.2) is 18.3 Å². The Morgan fingerprint density at radius 2 is 2.31 bits per heavy atom. The molecule has 3 heterocycles. The standard InChI is InChI=1S/C11H14N4O/c1-7-4-8(6-16-7)11-14-13-10-3-2-9(12)5-15(10)11/h2-3,5,7-8H,4,6,12H2,1H3. The first-order valence-electron chi connectivity index (χ1n) is 5.46. The first kappa shape index (κ1) is 9.59. The van der Waals surface area contributed by atoms with Crippen molar-refractivity contribution in [2.45, 2.75) is 25.4 Å². The van der Waals surface area contributed by atoms with Crippen molar-refractivity contribution in [3.8, 4) is 0 Å². The predicted octanol–water partition coefficient (Wildman–Crippen LogP) is 1.20. The van der Waals surface area contributed by atoms with Crippen LogP contribution in [0.2, 0.25) is 0 Å². The van der Waals surface area contributed by atoms with E-state index in [4.69, 9.17) is 10.5 Å². The lowest BCUT2D eigenvalue weighted by atomic mass is 10.1. The van der Waals surface area contributed by atoms with Crippen LogP contribution >= 0.6 is 0 Å². The summed E-state index contributed by atoms with van der Waals surface area (Å²) < 4.78 is 7.52. The third-order valence-electron chi connectivity index (χ3n) is 3.02. The number of nitrogen functional groups attached to an aromatic ring is 1. The van der Waals surface area contributed by atoms with Crippen LogP contribution < -0.4 is 5.73 Å². The highest BCUT2D eigenvalue weighted by molar-refractivity contribution is 5.47. The molecule has 0 amide bonds. The van der Waals surface area contributed by atoms with Gasteiger partial charge in [0.25, 0.3) is 0 Å². The van der Waals surface area contributed by atoms with Crippen LogP contribution in [0.1, 0.15) is 25.1 Å². The smallest absolute Gasteiger partial charge is 0.160 e. The van der Waals surface area contributed by atoms with Crippen LogP contribution in [0.4, 0.5) is 5.69 Å². The molecular formula is C11H14N4O. The quantitative estimate of drug-likeness (QED) is 0.781. The Balaban J connectivity index is 2.06.